The van der Waals surface area contributed by atoms with Crippen molar-refractivity contribution in [1.29, 1.82) is 0 Å². The van der Waals surface area contributed by atoms with Gasteiger partial charge in [-0.25, -0.2) is 4.39 Å². The highest BCUT2D eigenvalue weighted by Gasteiger charge is 2.21. The molecule has 1 aromatic rings. The van der Waals surface area contributed by atoms with Gasteiger partial charge in [0.05, 0.1) is 11.8 Å². The van der Waals surface area contributed by atoms with Gasteiger partial charge in [0.25, 0.3) is 5.91 Å². The van der Waals surface area contributed by atoms with Crippen LogP contribution in [0.4, 0.5) is 4.39 Å². The minimum absolute atomic E-state index is 0.133. The van der Waals surface area contributed by atoms with Crippen LogP contribution >= 0.6 is 0 Å². The van der Waals surface area contributed by atoms with Crippen LogP contribution in [0, 0.1) is 5.82 Å². The molecule has 1 unspecified atom stereocenters. The topological polar surface area (TPSA) is 45.2 Å². The number of aromatic nitrogens is 1. The maximum atomic E-state index is 13.2. The van der Waals surface area contributed by atoms with E-state index in [2.05, 4.69) is 10.3 Å². The highest BCUT2D eigenvalue weighted by Crippen LogP contribution is 2.12. The molecule has 1 saturated heterocycles. The van der Waals surface area contributed by atoms with Crippen LogP contribution in [0.25, 0.3) is 0 Å². The number of halogens is 1. The largest absolute Gasteiger partial charge is 0.337 e. The number of carbonyl (C=O) groups excluding carboxylic acids is 1. The molecule has 5 heteroatoms. The van der Waals surface area contributed by atoms with Gasteiger partial charge < -0.3 is 10.2 Å². The van der Waals surface area contributed by atoms with Crippen molar-refractivity contribution < 1.29 is 9.18 Å². The molecule has 0 spiro atoms. The number of amides is 1. The molecule has 0 bridgehead atoms. The Balaban J connectivity index is 2.04. The van der Waals surface area contributed by atoms with Crippen molar-refractivity contribution in [1.82, 2.24) is 15.2 Å². The van der Waals surface area contributed by atoms with Crippen molar-refractivity contribution in [3.8, 4) is 0 Å². The normalized spacial score (nSPS) is 18.8. The number of nitrogens with one attached hydrogen (secondary N) is 1. The Bertz CT molecular complexity index is 446. The van der Waals surface area contributed by atoms with E-state index in [4.69, 9.17) is 0 Å². The van der Waals surface area contributed by atoms with E-state index in [1.807, 2.05) is 6.92 Å². The Kier molecular flexibility index (Phi) is 5.47. The molecule has 1 atom stereocenters. The van der Waals surface area contributed by atoms with E-state index in [1.54, 1.807) is 4.90 Å². The molecule has 1 aromatic heterocycles. The second-order valence-corrected chi connectivity index (χ2v) is 5.29. The van der Waals surface area contributed by atoms with Gasteiger partial charge >= 0.3 is 0 Å². The first-order valence-corrected chi connectivity index (χ1v) is 7.34. The van der Waals surface area contributed by atoms with Crippen LogP contribution in [0.1, 0.15) is 43.0 Å². The lowest BCUT2D eigenvalue weighted by atomic mass is 10.0. The predicted molar refractivity (Wildman–Crippen MR) is 76.0 cm³/mol. The molecule has 1 aliphatic rings. The van der Waals surface area contributed by atoms with Crippen LogP contribution in [0.5, 0.6) is 0 Å². The van der Waals surface area contributed by atoms with Gasteiger partial charge in [-0.1, -0.05) is 13.3 Å². The number of rotatable bonds is 5. The zero-order valence-corrected chi connectivity index (χ0v) is 11.9. The molecule has 20 heavy (non-hydrogen) atoms. The highest BCUT2D eigenvalue weighted by molar-refractivity contribution is 5.93. The Morgan fingerprint density at radius 2 is 2.35 bits per heavy atom. The molecule has 2 rings (SSSR count). The number of hydrogen-bond acceptors (Lipinski definition) is 3. The van der Waals surface area contributed by atoms with E-state index in [9.17, 15) is 9.18 Å². The molecule has 1 amide bonds. The van der Waals surface area contributed by atoms with Crippen LogP contribution < -0.4 is 5.32 Å². The molecule has 2 heterocycles. The van der Waals surface area contributed by atoms with Gasteiger partial charge in [-0.3, -0.25) is 9.78 Å². The number of pyridine rings is 1. The van der Waals surface area contributed by atoms with E-state index in [-0.39, 0.29) is 5.91 Å². The van der Waals surface area contributed by atoms with Crippen LogP contribution in [0.2, 0.25) is 0 Å². The van der Waals surface area contributed by atoms with Crippen molar-refractivity contribution in [2.45, 2.75) is 38.6 Å². The highest BCUT2D eigenvalue weighted by atomic mass is 19.1. The summed E-state index contributed by atoms with van der Waals surface area (Å²) in [6.07, 6.45) is 6.93. The molecule has 110 valence electrons. The van der Waals surface area contributed by atoms with Crippen LogP contribution in [-0.4, -0.2) is 41.5 Å². The lowest BCUT2D eigenvalue weighted by molar-refractivity contribution is 0.0731. The minimum Gasteiger partial charge on any atom is -0.337 e. The Morgan fingerprint density at radius 3 is 3.00 bits per heavy atom. The first-order valence-electron chi connectivity index (χ1n) is 7.34. The average molecular weight is 279 g/mol. The number of hydrogen-bond donors (Lipinski definition) is 1. The zero-order valence-electron chi connectivity index (χ0n) is 11.9. The second-order valence-electron chi connectivity index (χ2n) is 5.29. The maximum absolute atomic E-state index is 13.2. The molecule has 4 nitrogen and oxygen atoms in total. The predicted octanol–water partition coefficient (Wildman–Crippen LogP) is 2.21. The van der Waals surface area contributed by atoms with E-state index >= 15 is 0 Å². The third kappa shape index (κ3) is 4.00. The van der Waals surface area contributed by atoms with E-state index in [0.29, 0.717) is 24.7 Å². The summed E-state index contributed by atoms with van der Waals surface area (Å²) >= 11 is 0. The summed E-state index contributed by atoms with van der Waals surface area (Å²) in [6, 6.07) is 1.60. The van der Waals surface area contributed by atoms with Gasteiger partial charge in [0.15, 0.2) is 0 Å². The van der Waals surface area contributed by atoms with Crippen molar-refractivity contribution in [2.24, 2.45) is 0 Å². The molecule has 0 radical (unpaired) electrons. The molecular formula is C15H22FN3O. The maximum Gasteiger partial charge on any atom is 0.255 e. The van der Waals surface area contributed by atoms with Crippen molar-refractivity contribution in [3.05, 3.63) is 29.8 Å². The molecule has 0 aromatic carbocycles. The second kappa shape index (κ2) is 7.33. The molecular weight excluding hydrogens is 257 g/mol. The average Bonchev–Trinajstić information content (AvgIpc) is 2.47. The Hall–Kier alpha value is -1.49. The lowest BCUT2D eigenvalue weighted by Gasteiger charge is -2.30. The molecule has 1 fully saturated rings. The monoisotopic (exact) mass is 279 g/mol. The third-order valence-corrected chi connectivity index (χ3v) is 3.59. The van der Waals surface area contributed by atoms with Gasteiger partial charge in [-0.2, -0.15) is 0 Å². The summed E-state index contributed by atoms with van der Waals surface area (Å²) < 4.78 is 13.2. The van der Waals surface area contributed by atoms with Gasteiger partial charge in [0.2, 0.25) is 0 Å². The van der Waals surface area contributed by atoms with Crippen LogP contribution in [0.15, 0.2) is 18.5 Å². The number of nitrogens with zero attached hydrogens (tertiary/aromatic N) is 2. The van der Waals surface area contributed by atoms with Crippen molar-refractivity contribution >= 4 is 5.91 Å². The van der Waals surface area contributed by atoms with Gasteiger partial charge in [-0.05, 0) is 31.9 Å². The zero-order chi connectivity index (χ0) is 14.4. The SMILES string of the molecule is CCCN(CC1CCCCN1)C(=O)c1cncc(F)c1. The number of piperidine rings is 1. The summed E-state index contributed by atoms with van der Waals surface area (Å²) in [5, 5.41) is 3.44. The first-order chi connectivity index (χ1) is 9.70. The fourth-order valence-corrected chi connectivity index (χ4v) is 2.60. The minimum atomic E-state index is -0.469. The summed E-state index contributed by atoms with van der Waals surface area (Å²) in [4.78, 5) is 18.0. The fraction of sp³-hybridized carbons (Fsp3) is 0.600. The summed E-state index contributed by atoms with van der Waals surface area (Å²) in [5.74, 6) is -0.602. The lowest BCUT2D eigenvalue weighted by Crippen LogP contribution is -2.46. The van der Waals surface area contributed by atoms with E-state index in [0.717, 1.165) is 25.6 Å². The quantitative estimate of drug-likeness (QED) is 0.899. The van der Waals surface area contributed by atoms with Crippen molar-refractivity contribution in [2.75, 3.05) is 19.6 Å². The summed E-state index contributed by atoms with van der Waals surface area (Å²) in [6.45, 7) is 4.43. The van der Waals surface area contributed by atoms with Gasteiger partial charge in [0, 0.05) is 25.3 Å². The Labute approximate surface area is 119 Å². The smallest absolute Gasteiger partial charge is 0.255 e. The Morgan fingerprint density at radius 1 is 1.50 bits per heavy atom. The third-order valence-electron chi connectivity index (χ3n) is 3.59. The van der Waals surface area contributed by atoms with E-state index < -0.39 is 5.82 Å². The molecule has 1 aliphatic heterocycles. The molecule has 0 saturated carbocycles. The van der Waals surface area contributed by atoms with Gasteiger partial charge in [-0.15, -0.1) is 0 Å². The van der Waals surface area contributed by atoms with Crippen LogP contribution in [0.3, 0.4) is 0 Å². The number of carbonyl (C=O) groups is 1. The van der Waals surface area contributed by atoms with E-state index in [1.165, 1.54) is 25.1 Å². The van der Waals surface area contributed by atoms with Gasteiger partial charge in [0.1, 0.15) is 5.82 Å². The summed E-state index contributed by atoms with van der Waals surface area (Å²) in [7, 11) is 0. The van der Waals surface area contributed by atoms with Crippen LogP contribution in [-0.2, 0) is 0 Å². The molecule has 0 aliphatic carbocycles. The first kappa shape index (κ1) is 14.9. The summed E-state index contributed by atoms with van der Waals surface area (Å²) in [5.41, 5.74) is 0.328. The fourth-order valence-electron chi connectivity index (χ4n) is 2.60. The molecule has 1 N–H and O–H groups in total. The standard InChI is InChI=1S/C15H22FN3O/c1-2-7-19(11-14-5-3-4-6-18-14)15(20)12-8-13(16)10-17-9-12/h8-10,14,18H,2-7,11H2,1H3. The van der Waals surface area contributed by atoms with Crippen molar-refractivity contribution in [3.63, 3.8) is 0 Å².